The molecule has 0 saturated heterocycles. The molecular weight excluding hydrogens is 164 g/mol. The van der Waals surface area contributed by atoms with Crippen LogP contribution in [0.5, 0.6) is 0 Å². The van der Waals surface area contributed by atoms with Crippen LogP contribution < -0.4 is 5.32 Å². The Hall–Kier alpha value is -1.04. The standard InChI is InChI=1S/C10H16N2O/c1-7(2)8(3)12-9(13)10(6-11)4-5-10/h7-8H,4-5H2,1-3H3,(H,12,13). The third-order valence-electron chi connectivity index (χ3n) is 2.76. The molecule has 1 saturated carbocycles. The molecule has 3 heteroatoms. The monoisotopic (exact) mass is 180 g/mol. The zero-order valence-electron chi connectivity index (χ0n) is 8.42. The lowest BCUT2D eigenvalue weighted by atomic mass is 10.0. The molecule has 1 aliphatic carbocycles. The number of nitrogens with one attached hydrogen (secondary N) is 1. The van der Waals surface area contributed by atoms with Crippen LogP contribution in [0, 0.1) is 22.7 Å². The maximum Gasteiger partial charge on any atom is 0.240 e. The lowest BCUT2D eigenvalue weighted by Gasteiger charge is -2.18. The van der Waals surface area contributed by atoms with E-state index >= 15 is 0 Å². The van der Waals surface area contributed by atoms with Gasteiger partial charge in [-0.25, -0.2) is 0 Å². The van der Waals surface area contributed by atoms with Crippen molar-refractivity contribution in [3.63, 3.8) is 0 Å². The molecule has 1 fully saturated rings. The summed E-state index contributed by atoms with van der Waals surface area (Å²) in [6, 6.07) is 2.24. The molecule has 1 N–H and O–H groups in total. The molecule has 1 unspecified atom stereocenters. The summed E-state index contributed by atoms with van der Waals surface area (Å²) >= 11 is 0. The fourth-order valence-corrected chi connectivity index (χ4v) is 1.03. The van der Waals surface area contributed by atoms with Gasteiger partial charge in [-0.1, -0.05) is 13.8 Å². The first kappa shape index (κ1) is 10.0. The zero-order chi connectivity index (χ0) is 10.1. The largest absolute Gasteiger partial charge is 0.352 e. The van der Waals surface area contributed by atoms with Crippen LogP contribution in [0.3, 0.4) is 0 Å². The molecule has 1 amide bonds. The Balaban J connectivity index is 2.48. The second kappa shape index (κ2) is 3.37. The fourth-order valence-electron chi connectivity index (χ4n) is 1.03. The Morgan fingerprint density at radius 2 is 2.00 bits per heavy atom. The van der Waals surface area contributed by atoms with E-state index in [9.17, 15) is 4.79 Å². The number of nitriles is 1. The minimum Gasteiger partial charge on any atom is -0.352 e. The maximum atomic E-state index is 11.5. The fraction of sp³-hybridized carbons (Fsp3) is 0.800. The van der Waals surface area contributed by atoms with E-state index in [4.69, 9.17) is 5.26 Å². The van der Waals surface area contributed by atoms with Gasteiger partial charge >= 0.3 is 0 Å². The number of rotatable bonds is 3. The van der Waals surface area contributed by atoms with E-state index in [2.05, 4.69) is 25.2 Å². The zero-order valence-corrected chi connectivity index (χ0v) is 8.42. The molecule has 1 rings (SSSR count). The van der Waals surface area contributed by atoms with Gasteiger partial charge in [-0.2, -0.15) is 5.26 Å². The van der Waals surface area contributed by atoms with Crippen LogP contribution in [0.25, 0.3) is 0 Å². The first-order chi connectivity index (χ1) is 6.02. The molecule has 1 atom stereocenters. The predicted octanol–water partition coefficient (Wildman–Crippen LogP) is 1.45. The number of nitrogens with zero attached hydrogens (tertiary/aromatic N) is 1. The summed E-state index contributed by atoms with van der Waals surface area (Å²) in [5.74, 6) is 0.328. The molecule has 0 spiro atoms. The molecule has 1 aliphatic rings. The van der Waals surface area contributed by atoms with Crippen LogP contribution in [0.15, 0.2) is 0 Å². The molecule has 0 aromatic heterocycles. The van der Waals surface area contributed by atoms with Crippen molar-refractivity contribution in [2.24, 2.45) is 11.3 Å². The Labute approximate surface area is 79.1 Å². The molecule has 0 radical (unpaired) electrons. The second-order valence-corrected chi connectivity index (χ2v) is 4.20. The predicted molar refractivity (Wildman–Crippen MR) is 49.7 cm³/mol. The number of carbonyl (C=O) groups is 1. The summed E-state index contributed by atoms with van der Waals surface area (Å²) in [5.41, 5.74) is -0.677. The van der Waals surface area contributed by atoms with Crippen LogP contribution in [0.4, 0.5) is 0 Å². The highest BCUT2D eigenvalue weighted by Gasteiger charge is 2.50. The number of amides is 1. The number of hydrogen-bond acceptors (Lipinski definition) is 2. The molecule has 13 heavy (non-hydrogen) atoms. The molecule has 0 heterocycles. The summed E-state index contributed by atoms with van der Waals surface area (Å²) in [7, 11) is 0. The minimum absolute atomic E-state index is 0.0869. The summed E-state index contributed by atoms with van der Waals surface area (Å²) in [4.78, 5) is 11.5. The molecular formula is C10H16N2O. The topological polar surface area (TPSA) is 52.9 Å². The number of carbonyl (C=O) groups excluding carboxylic acids is 1. The Bertz CT molecular complexity index is 248. The van der Waals surface area contributed by atoms with Gasteiger partial charge in [0.25, 0.3) is 0 Å². The summed E-state index contributed by atoms with van der Waals surface area (Å²) in [6.07, 6.45) is 1.44. The summed E-state index contributed by atoms with van der Waals surface area (Å²) < 4.78 is 0. The van der Waals surface area contributed by atoms with Gasteiger partial charge < -0.3 is 5.32 Å². The van der Waals surface area contributed by atoms with Crippen molar-refractivity contribution in [3.8, 4) is 6.07 Å². The maximum absolute atomic E-state index is 11.5. The summed E-state index contributed by atoms with van der Waals surface area (Å²) in [5, 5.41) is 11.6. The highest BCUT2D eigenvalue weighted by atomic mass is 16.2. The van der Waals surface area contributed by atoms with Crippen LogP contribution in [-0.4, -0.2) is 11.9 Å². The first-order valence-electron chi connectivity index (χ1n) is 4.74. The van der Waals surface area contributed by atoms with Crippen molar-refractivity contribution in [2.45, 2.75) is 39.7 Å². The molecule has 0 aliphatic heterocycles. The normalized spacial score (nSPS) is 20.5. The van der Waals surface area contributed by atoms with Gasteiger partial charge in [0, 0.05) is 6.04 Å². The average Bonchev–Trinajstić information content (AvgIpc) is 2.84. The Morgan fingerprint density at radius 3 is 2.31 bits per heavy atom. The molecule has 0 aromatic rings. The van der Waals surface area contributed by atoms with Crippen molar-refractivity contribution in [2.75, 3.05) is 0 Å². The van der Waals surface area contributed by atoms with E-state index in [-0.39, 0.29) is 11.9 Å². The highest BCUT2D eigenvalue weighted by Crippen LogP contribution is 2.45. The minimum atomic E-state index is -0.677. The second-order valence-electron chi connectivity index (χ2n) is 4.20. The van der Waals surface area contributed by atoms with Crippen molar-refractivity contribution in [3.05, 3.63) is 0 Å². The van der Waals surface area contributed by atoms with Crippen molar-refractivity contribution >= 4 is 5.91 Å². The SMILES string of the molecule is CC(C)C(C)NC(=O)C1(C#N)CC1. The van der Waals surface area contributed by atoms with E-state index in [0.29, 0.717) is 5.92 Å². The van der Waals surface area contributed by atoms with E-state index < -0.39 is 5.41 Å². The van der Waals surface area contributed by atoms with Crippen LogP contribution in [-0.2, 0) is 4.79 Å². The molecule has 3 nitrogen and oxygen atoms in total. The molecule has 72 valence electrons. The van der Waals surface area contributed by atoms with Gasteiger partial charge in [0.05, 0.1) is 6.07 Å². The Kier molecular flexibility index (Phi) is 2.60. The van der Waals surface area contributed by atoms with Crippen LogP contribution >= 0.6 is 0 Å². The third kappa shape index (κ3) is 2.00. The van der Waals surface area contributed by atoms with E-state index in [0.717, 1.165) is 12.8 Å². The molecule has 0 aromatic carbocycles. The lowest BCUT2D eigenvalue weighted by molar-refractivity contribution is -0.125. The van der Waals surface area contributed by atoms with Gasteiger partial charge in [0.15, 0.2) is 0 Å². The van der Waals surface area contributed by atoms with Crippen molar-refractivity contribution < 1.29 is 4.79 Å². The van der Waals surface area contributed by atoms with Gasteiger partial charge in [-0.15, -0.1) is 0 Å². The molecule has 0 bridgehead atoms. The quantitative estimate of drug-likeness (QED) is 0.714. The smallest absolute Gasteiger partial charge is 0.240 e. The van der Waals surface area contributed by atoms with Gasteiger partial charge in [-0.3, -0.25) is 4.79 Å². The first-order valence-corrected chi connectivity index (χ1v) is 4.74. The lowest BCUT2D eigenvalue weighted by Crippen LogP contribution is -2.40. The average molecular weight is 180 g/mol. The third-order valence-corrected chi connectivity index (χ3v) is 2.76. The van der Waals surface area contributed by atoms with Crippen molar-refractivity contribution in [1.29, 1.82) is 5.26 Å². The van der Waals surface area contributed by atoms with Crippen LogP contribution in [0.2, 0.25) is 0 Å². The number of hydrogen-bond donors (Lipinski definition) is 1. The van der Waals surface area contributed by atoms with Crippen LogP contribution in [0.1, 0.15) is 33.6 Å². The van der Waals surface area contributed by atoms with Gasteiger partial charge in [-0.05, 0) is 25.7 Å². The van der Waals surface area contributed by atoms with E-state index in [1.54, 1.807) is 0 Å². The highest BCUT2D eigenvalue weighted by molar-refractivity contribution is 5.88. The van der Waals surface area contributed by atoms with Crippen molar-refractivity contribution in [1.82, 2.24) is 5.32 Å². The van der Waals surface area contributed by atoms with E-state index in [1.807, 2.05) is 6.92 Å². The summed E-state index contributed by atoms with van der Waals surface area (Å²) in [6.45, 7) is 6.07. The van der Waals surface area contributed by atoms with E-state index in [1.165, 1.54) is 0 Å². The van der Waals surface area contributed by atoms with Gasteiger partial charge in [0.1, 0.15) is 5.41 Å². The Morgan fingerprint density at radius 1 is 1.46 bits per heavy atom. The van der Waals surface area contributed by atoms with Gasteiger partial charge in [0.2, 0.25) is 5.91 Å².